The average molecular weight is 436 g/mol. The lowest BCUT2D eigenvalue weighted by atomic mass is 10.2. The van der Waals surface area contributed by atoms with E-state index >= 15 is 0 Å². The number of carbonyl (C=O) groups excluding carboxylic acids is 1. The number of rotatable bonds is 7. The van der Waals surface area contributed by atoms with Crippen LogP contribution in [0.1, 0.15) is 34.8 Å². The van der Waals surface area contributed by atoms with Crippen LogP contribution in [0.15, 0.2) is 62.7 Å². The van der Waals surface area contributed by atoms with Crippen molar-refractivity contribution in [3.8, 4) is 0 Å². The molecule has 0 spiro atoms. The van der Waals surface area contributed by atoms with E-state index in [-0.39, 0.29) is 18.0 Å². The molecule has 0 radical (unpaired) electrons. The van der Waals surface area contributed by atoms with Crippen molar-refractivity contribution < 1.29 is 9.32 Å². The molecule has 0 aliphatic heterocycles. The van der Waals surface area contributed by atoms with Crippen molar-refractivity contribution in [2.75, 3.05) is 6.54 Å². The molecule has 1 amide bonds. The summed E-state index contributed by atoms with van der Waals surface area (Å²) in [4.78, 5) is 39.7. The molecule has 0 fully saturated rings. The van der Waals surface area contributed by atoms with Gasteiger partial charge in [0.05, 0.1) is 28.8 Å². The molecule has 31 heavy (non-hydrogen) atoms. The fraction of sp³-hybridized carbons (Fsp3) is 0.227. The first-order valence-electron chi connectivity index (χ1n) is 9.83. The lowest BCUT2D eigenvalue weighted by Crippen LogP contribution is -2.32. The Kier molecular flexibility index (Phi) is 6.13. The Morgan fingerprint density at radius 3 is 2.68 bits per heavy atom. The first-order valence-corrected chi connectivity index (χ1v) is 10.8. The smallest absolute Gasteiger partial charge is 0.258 e. The minimum atomic E-state index is -0.213. The molecule has 4 aromatic rings. The number of hydrogen-bond acceptors (Lipinski definition) is 7. The Bertz CT molecular complexity index is 1280. The first-order chi connectivity index (χ1) is 15.0. The Morgan fingerprint density at radius 1 is 1.13 bits per heavy atom. The summed E-state index contributed by atoms with van der Waals surface area (Å²) >= 11 is 1.46. The SMILES string of the molecule is CCN(Cc1nc2ccccc2c(=O)[nH]1)C(=O)c1ccccc1SCc1nc(C)no1. The highest BCUT2D eigenvalue weighted by Crippen LogP contribution is 2.27. The lowest BCUT2D eigenvalue weighted by Gasteiger charge is -2.21. The summed E-state index contributed by atoms with van der Waals surface area (Å²) in [5, 5.41) is 4.32. The van der Waals surface area contributed by atoms with Crippen LogP contribution in [0.25, 0.3) is 10.9 Å². The summed E-state index contributed by atoms with van der Waals surface area (Å²) in [6.07, 6.45) is 0. The lowest BCUT2D eigenvalue weighted by molar-refractivity contribution is 0.0745. The minimum Gasteiger partial charge on any atom is -0.338 e. The number of amides is 1. The zero-order valence-electron chi connectivity index (χ0n) is 17.2. The van der Waals surface area contributed by atoms with Gasteiger partial charge in [-0.3, -0.25) is 9.59 Å². The number of fused-ring (bicyclic) bond motifs is 1. The highest BCUT2D eigenvalue weighted by atomic mass is 32.2. The van der Waals surface area contributed by atoms with E-state index < -0.39 is 0 Å². The Hall–Kier alpha value is -3.46. The Labute approximate surface area is 182 Å². The third-order valence-electron chi connectivity index (χ3n) is 4.71. The molecular weight excluding hydrogens is 414 g/mol. The number of carbonyl (C=O) groups is 1. The predicted molar refractivity (Wildman–Crippen MR) is 118 cm³/mol. The van der Waals surface area contributed by atoms with Crippen LogP contribution < -0.4 is 5.56 Å². The van der Waals surface area contributed by atoms with E-state index in [4.69, 9.17) is 4.52 Å². The summed E-state index contributed by atoms with van der Waals surface area (Å²) in [6, 6.07) is 14.6. The van der Waals surface area contributed by atoms with Crippen molar-refractivity contribution in [2.45, 2.75) is 31.0 Å². The quantitative estimate of drug-likeness (QED) is 0.442. The normalized spacial score (nSPS) is 11.0. The fourth-order valence-corrected chi connectivity index (χ4v) is 4.08. The van der Waals surface area contributed by atoms with Crippen LogP contribution >= 0.6 is 11.8 Å². The molecular formula is C22H21N5O3S. The van der Waals surface area contributed by atoms with Gasteiger partial charge in [-0.15, -0.1) is 11.8 Å². The number of thioether (sulfide) groups is 1. The molecule has 8 nitrogen and oxygen atoms in total. The summed E-state index contributed by atoms with van der Waals surface area (Å²) in [7, 11) is 0. The molecule has 0 aliphatic rings. The first kappa shape index (κ1) is 20.8. The molecule has 158 valence electrons. The van der Waals surface area contributed by atoms with Gasteiger partial charge in [0.1, 0.15) is 5.82 Å². The molecule has 9 heteroatoms. The van der Waals surface area contributed by atoms with Gasteiger partial charge < -0.3 is 14.4 Å². The van der Waals surface area contributed by atoms with Crippen molar-refractivity contribution >= 4 is 28.6 Å². The molecule has 2 aromatic heterocycles. The maximum Gasteiger partial charge on any atom is 0.258 e. The van der Waals surface area contributed by atoms with Crippen LogP contribution in [0, 0.1) is 6.92 Å². The van der Waals surface area contributed by atoms with Crippen molar-refractivity contribution in [2.24, 2.45) is 0 Å². The highest BCUT2D eigenvalue weighted by Gasteiger charge is 2.20. The van der Waals surface area contributed by atoms with Gasteiger partial charge in [-0.1, -0.05) is 29.4 Å². The number of aryl methyl sites for hydroxylation is 1. The summed E-state index contributed by atoms with van der Waals surface area (Å²) in [5.41, 5.74) is 0.971. The van der Waals surface area contributed by atoms with Gasteiger partial charge in [0, 0.05) is 11.4 Å². The van der Waals surface area contributed by atoms with Crippen LogP contribution in [0.2, 0.25) is 0 Å². The highest BCUT2D eigenvalue weighted by molar-refractivity contribution is 7.98. The Balaban J connectivity index is 1.56. The molecule has 0 bridgehead atoms. The number of H-pyrrole nitrogens is 1. The third-order valence-corrected chi connectivity index (χ3v) is 5.77. The van der Waals surface area contributed by atoms with Crippen LogP contribution in [-0.4, -0.2) is 37.5 Å². The van der Waals surface area contributed by atoms with Gasteiger partial charge in [0.25, 0.3) is 11.5 Å². The maximum absolute atomic E-state index is 13.3. The second-order valence-electron chi connectivity index (χ2n) is 6.87. The average Bonchev–Trinajstić information content (AvgIpc) is 3.21. The van der Waals surface area contributed by atoms with Gasteiger partial charge in [0.2, 0.25) is 5.89 Å². The van der Waals surface area contributed by atoms with Crippen LogP contribution in [0.3, 0.4) is 0 Å². The summed E-state index contributed by atoms with van der Waals surface area (Å²) < 4.78 is 5.16. The molecule has 0 atom stereocenters. The van der Waals surface area contributed by atoms with Gasteiger partial charge in [0.15, 0.2) is 5.82 Å². The van der Waals surface area contributed by atoms with E-state index in [2.05, 4.69) is 20.1 Å². The molecule has 4 rings (SSSR count). The number of aromatic nitrogens is 4. The van der Waals surface area contributed by atoms with Crippen molar-refractivity contribution in [1.29, 1.82) is 0 Å². The number of nitrogens with zero attached hydrogens (tertiary/aromatic N) is 4. The van der Waals surface area contributed by atoms with Gasteiger partial charge in [-0.25, -0.2) is 4.98 Å². The van der Waals surface area contributed by atoms with E-state index in [0.717, 1.165) is 4.90 Å². The van der Waals surface area contributed by atoms with E-state index in [9.17, 15) is 9.59 Å². The fourth-order valence-electron chi connectivity index (χ4n) is 3.20. The summed E-state index contributed by atoms with van der Waals surface area (Å²) in [5.74, 6) is 1.87. The molecule has 2 aromatic carbocycles. The number of para-hydroxylation sites is 1. The predicted octanol–water partition coefficient (Wildman–Crippen LogP) is 3.57. The zero-order chi connectivity index (χ0) is 21.8. The van der Waals surface area contributed by atoms with Gasteiger partial charge >= 0.3 is 0 Å². The molecule has 0 saturated heterocycles. The molecule has 0 unspecified atom stereocenters. The van der Waals surface area contributed by atoms with Crippen LogP contribution in [0.4, 0.5) is 0 Å². The van der Waals surface area contributed by atoms with Crippen LogP contribution in [0.5, 0.6) is 0 Å². The second-order valence-corrected chi connectivity index (χ2v) is 7.89. The molecule has 0 aliphatic carbocycles. The Morgan fingerprint density at radius 2 is 1.90 bits per heavy atom. The monoisotopic (exact) mass is 435 g/mol. The number of hydrogen-bond donors (Lipinski definition) is 1. The maximum atomic E-state index is 13.3. The molecule has 2 heterocycles. The second kappa shape index (κ2) is 9.13. The van der Waals surface area contributed by atoms with Crippen LogP contribution in [-0.2, 0) is 12.3 Å². The minimum absolute atomic E-state index is 0.136. The van der Waals surface area contributed by atoms with E-state index in [1.165, 1.54) is 11.8 Å². The number of aromatic amines is 1. The summed E-state index contributed by atoms with van der Waals surface area (Å²) in [6.45, 7) is 4.34. The van der Waals surface area contributed by atoms with E-state index in [1.807, 2.05) is 31.2 Å². The van der Waals surface area contributed by atoms with E-state index in [1.54, 1.807) is 36.1 Å². The largest absolute Gasteiger partial charge is 0.338 e. The van der Waals surface area contributed by atoms with Crippen molar-refractivity contribution in [3.63, 3.8) is 0 Å². The number of nitrogens with one attached hydrogen (secondary N) is 1. The van der Waals surface area contributed by atoms with Gasteiger partial charge in [-0.2, -0.15) is 4.98 Å². The molecule has 0 saturated carbocycles. The zero-order valence-corrected chi connectivity index (χ0v) is 18.0. The molecule has 1 N–H and O–H groups in total. The third kappa shape index (κ3) is 4.66. The number of benzene rings is 2. The van der Waals surface area contributed by atoms with Crippen molar-refractivity contribution in [3.05, 3.63) is 82.0 Å². The van der Waals surface area contributed by atoms with Gasteiger partial charge in [-0.05, 0) is 38.1 Å². The van der Waals surface area contributed by atoms with Crippen molar-refractivity contribution in [1.82, 2.24) is 25.0 Å². The van der Waals surface area contributed by atoms with E-state index in [0.29, 0.717) is 46.3 Å². The standard InChI is InChI=1S/C22H21N5O3S/c1-3-27(12-19-24-17-10-6-4-8-15(17)21(28)25-19)22(29)16-9-5-7-11-18(16)31-13-20-23-14(2)26-30-20/h4-11H,3,12-13H2,1-2H3,(H,24,25,28). The topological polar surface area (TPSA) is 105 Å².